The van der Waals surface area contributed by atoms with Crippen LogP contribution in [0.1, 0.15) is 81.6 Å². The highest BCUT2D eigenvalue weighted by Gasteiger charge is 2.45. The van der Waals surface area contributed by atoms with Crippen LogP contribution in [0.25, 0.3) is 22.2 Å². The van der Waals surface area contributed by atoms with Gasteiger partial charge in [0.2, 0.25) is 17.6 Å². The average molecular weight is 953 g/mol. The van der Waals surface area contributed by atoms with E-state index in [0.717, 1.165) is 77.9 Å². The fourth-order valence-electron chi connectivity index (χ4n) is 9.94. The number of pyridine rings is 1. The molecule has 4 aliphatic heterocycles. The lowest BCUT2D eigenvalue weighted by atomic mass is 9.86. The molecule has 2 atom stereocenters. The lowest BCUT2D eigenvalue weighted by Gasteiger charge is -2.43. The fraction of sp³-hybridized carbons (Fsp3) is 0.375. The molecule has 68 heavy (non-hydrogen) atoms. The van der Waals surface area contributed by atoms with Crippen molar-refractivity contribution < 1.29 is 50.3 Å². The number of H-pyrrole nitrogens is 1. The van der Waals surface area contributed by atoms with Crippen molar-refractivity contribution in [3.8, 4) is 16.9 Å². The number of carbonyl (C=O) groups is 5. The van der Waals surface area contributed by atoms with Gasteiger partial charge in [0.05, 0.1) is 22.4 Å². The first-order valence-corrected chi connectivity index (χ1v) is 24.1. The number of anilines is 2. The lowest BCUT2D eigenvalue weighted by Crippen LogP contribution is -2.54. The maximum Gasteiger partial charge on any atom is 0.301 e. The first kappa shape index (κ1) is 45.2. The molecule has 4 fully saturated rings. The van der Waals surface area contributed by atoms with E-state index in [1.54, 1.807) is 30.5 Å². The number of nitrogens with one attached hydrogen (secondary N) is 3. The fourth-order valence-corrected chi connectivity index (χ4v) is 11.2. The number of carbonyl (C=O) groups excluding carboxylic acids is 5. The first-order valence-electron chi connectivity index (χ1n) is 22.6. The maximum atomic E-state index is 15.8. The highest BCUT2D eigenvalue weighted by Crippen LogP contribution is 2.36. The number of ether oxygens (including phenoxy) is 1. The Morgan fingerprint density at radius 3 is 2.38 bits per heavy atom. The van der Waals surface area contributed by atoms with Gasteiger partial charge in [-0.05, 0) is 92.7 Å². The van der Waals surface area contributed by atoms with Crippen molar-refractivity contribution in [3.05, 3.63) is 107 Å². The Balaban J connectivity index is 0.716. The Hall–Kier alpha value is -6.64. The number of aromatic nitrogens is 2. The van der Waals surface area contributed by atoms with Gasteiger partial charge in [0.1, 0.15) is 35.5 Å². The molecule has 1 saturated carbocycles. The Bertz CT molecular complexity index is 2990. The number of aromatic amines is 1. The zero-order valence-electron chi connectivity index (χ0n) is 36.8. The number of rotatable bonds is 13. The molecule has 20 heteroatoms. The van der Waals surface area contributed by atoms with E-state index in [1.807, 2.05) is 29.0 Å². The normalized spacial score (nSPS) is 22.5. The van der Waals surface area contributed by atoms with Crippen LogP contribution in [0.4, 0.5) is 24.5 Å². The molecule has 3 aromatic carbocycles. The second kappa shape index (κ2) is 17.8. The van der Waals surface area contributed by atoms with Crippen LogP contribution in [0, 0.1) is 17.6 Å². The number of piperidine rings is 2. The largest absolute Gasteiger partial charge is 0.490 e. The minimum atomic E-state index is -4.36. The average Bonchev–Trinajstić information content (AvgIpc) is 4.01. The molecule has 0 bridgehead atoms. The summed E-state index contributed by atoms with van der Waals surface area (Å²) in [6.07, 6.45) is 5.34. The minimum absolute atomic E-state index is 0.00311. The third-order valence-electron chi connectivity index (χ3n) is 13.9. The van der Waals surface area contributed by atoms with Crippen LogP contribution in [0.5, 0.6) is 5.75 Å². The molecule has 3 saturated heterocycles. The molecule has 0 spiro atoms. The molecular formula is C48H47F3N8O8S. The molecule has 1 unspecified atom stereocenters. The summed E-state index contributed by atoms with van der Waals surface area (Å²) in [5.41, 5.74) is 1.61. The molecule has 2 aromatic heterocycles. The van der Waals surface area contributed by atoms with E-state index >= 15 is 8.78 Å². The van der Waals surface area contributed by atoms with Gasteiger partial charge in [-0.15, -0.1) is 0 Å². The summed E-state index contributed by atoms with van der Waals surface area (Å²) in [4.78, 5) is 77.1. The molecule has 16 nitrogen and oxygen atoms in total. The highest BCUT2D eigenvalue weighted by molar-refractivity contribution is 7.90. The Morgan fingerprint density at radius 1 is 0.912 bits per heavy atom. The predicted octanol–water partition coefficient (Wildman–Crippen LogP) is 5.60. The van der Waals surface area contributed by atoms with Gasteiger partial charge in [-0.1, -0.05) is 12.1 Å². The van der Waals surface area contributed by atoms with Gasteiger partial charge in [-0.25, -0.2) is 18.2 Å². The van der Waals surface area contributed by atoms with Crippen LogP contribution in [-0.4, -0.2) is 126 Å². The smallest absolute Gasteiger partial charge is 0.301 e. The van der Waals surface area contributed by atoms with Crippen molar-refractivity contribution in [2.45, 2.75) is 69.3 Å². The van der Waals surface area contributed by atoms with Crippen molar-refractivity contribution in [1.29, 1.82) is 0 Å². The number of nitrogens with zero attached hydrogens (tertiary/aromatic N) is 5. The van der Waals surface area contributed by atoms with Crippen LogP contribution < -0.4 is 19.7 Å². The summed E-state index contributed by atoms with van der Waals surface area (Å²) in [5.74, 6) is -4.78. The third-order valence-corrected chi connectivity index (χ3v) is 15.4. The summed E-state index contributed by atoms with van der Waals surface area (Å²) in [6.45, 7) is 2.21. The highest BCUT2D eigenvalue weighted by atomic mass is 32.2. The van der Waals surface area contributed by atoms with Gasteiger partial charge < -0.3 is 19.5 Å². The molecule has 6 heterocycles. The third kappa shape index (κ3) is 8.49. The van der Waals surface area contributed by atoms with Crippen molar-refractivity contribution in [3.63, 3.8) is 0 Å². The van der Waals surface area contributed by atoms with Crippen LogP contribution >= 0.6 is 0 Å². The van der Waals surface area contributed by atoms with Crippen LogP contribution in [-0.2, 0) is 19.8 Å². The number of amides is 4. The number of alkyl halides is 1. The van der Waals surface area contributed by atoms with E-state index < -0.39 is 81.3 Å². The summed E-state index contributed by atoms with van der Waals surface area (Å²) in [5, 5.41) is 2.53. The van der Waals surface area contributed by atoms with Gasteiger partial charge >= 0.3 is 10.2 Å². The Kier molecular flexibility index (Phi) is 11.8. The second-order valence-electron chi connectivity index (χ2n) is 18.2. The van der Waals surface area contributed by atoms with Crippen molar-refractivity contribution in [1.82, 2.24) is 29.4 Å². The van der Waals surface area contributed by atoms with Crippen LogP contribution in [0.2, 0.25) is 0 Å². The summed E-state index contributed by atoms with van der Waals surface area (Å²) in [7, 11) is -2.23. The van der Waals surface area contributed by atoms with Gasteiger partial charge in [0.25, 0.3) is 11.8 Å². The maximum absolute atomic E-state index is 15.8. The molecule has 0 radical (unpaired) electrons. The van der Waals surface area contributed by atoms with E-state index in [-0.39, 0.29) is 48.6 Å². The number of hydrogen-bond donors (Lipinski definition) is 3. The summed E-state index contributed by atoms with van der Waals surface area (Å²) in [6, 6.07) is 15.5. The second-order valence-corrected chi connectivity index (χ2v) is 19.9. The lowest BCUT2D eigenvalue weighted by molar-refractivity contribution is -0.136. The van der Waals surface area contributed by atoms with Crippen molar-refractivity contribution >= 4 is 62.0 Å². The van der Waals surface area contributed by atoms with E-state index in [4.69, 9.17) is 4.74 Å². The van der Waals surface area contributed by atoms with E-state index in [9.17, 15) is 36.8 Å². The molecule has 5 aromatic rings. The number of halogens is 3. The molecule has 10 rings (SSSR count). The summed E-state index contributed by atoms with van der Waals surface area (Å²) < 4.78 is 79.3. The molecule has 4 amide bonds. The molecule has 354 valence electrons. The summed E-state index contributed by atoms with van der Waals surface area (Å²) >= 11 is 0. The van der Waals surface area contributed by atoms with E-state index in [2.05, 4.69) is 32.1 Å². The van der Waals surface area contributed by atoms with Crippen molar-refractivity contribution in [2.75, 3.05) is 49.4 Å². The Morgan fingerprint density at radius 2 is 1.66 bits per heavy atom. The van der Waals surface area contributed by atoms with Gasteiger partial charge in [-0.3, -0.25) is 38.9 Å². The van der Waals surface area contributed by atoms with Crippen molar-refractivity contribution in [2.24, 2.45) is 5.92 Å². The number of fused-ring (bicyclic) bond motifs is 2. The monoisotopic (exact) mass is 952 g/mol. The Labute approximate surface area is 389 Å². The molecule has 3 N–H and O–H groups in total. The standard InChI is InChI=1S/C48H47F3N8O8S/c1-56(31-19-33(20-31)67-32-6-7-34-36(21-32)48(64)59(47(34)63)40-10-11-41(60)54-46(40)62)24-26-12-15-57(16-13-26)30-4-2-27(3-5-30)28-18-35-37(23-53-45(35)52-22-28)44(61)42-38(50)8-9-39(43(42)51)55-68(65,66)58-17-14-29(49)25-58/h2-9,18,21-23,26,29,31,33,40,55H,10-17,19-20,24-25H2,1H3,(H,52,53)(H,54,60,62)/t29-,31-,33-,40?/m1/s1. The van der Waals surface area contributed by atoms with Gasteiger partial charge in [0.15, 0.2) is 5.82 Å². The van der Waals surface area contributed by atoms with Crippen LogP contribution in [0.3, 0.4) is 0 Å². The van der Waals surface area contributed by atoms with Gasteiger partial charge in [0, 0.05) is 92.6 Å². The topological polar surface area (TPSA) is 194 Å². The number of benzene rings is 3. The zero-order valence-corrected chi connectivity index (χ0v) is 37.7. The first-order chi connectivity index (χ1) is 32.6. The van der Waals surface area contributed by atoms with E-state index in [1.165, 1.54) is 6.20 Å². The molecular weight excluding hydrogens is 906 g/mol. The quantitative estimate of drug-likeness (QED) is 0.0983. The molecule has 1 aliphatic carbocycles. The number of ketones is 1. The van der Waals surface area contributed by atoms with Crippen LogP contribution in [0.15, 0.2) is 73.1 Å². The van der Waals surface area contributed by atoms with Gasteiger partial charge in [-0.2, -0.15) is 12.7 Å². The SMILES string of the molecule is CN(CC1CCN(c2ccc(-c3cnc4[nH]cc(C(=O)c5c(F)ccc(NS(=O)(=O)N6CC[C@@H](F)C6)c5F)c4c3)cc2)CC1)[C@H]1C[C@H](Oc2ccc3c(c2)C(=O)N(C2CCC(=O)NC2=O)C3=O)C1. The number of hydrogen-bond acceptors (Lipinski definition) is 11. The predicted molar refractivity (Wildman–Crippen MR) is 243 cm³/mol. The molecule has 5 aliphatic rings. The number of imide groups is 2. The minimum Gasteiger partial charge on any atom is -0.490 e. The zero-order chi connectivity index (χ0) is 47.6. The van der Waals surface area contributed by atoms with E-state index in [0.29, 0.717) is 34.3 Å².